The van der Waals surface area contributed by atoms with Crippen LogP contribution in [0.15, 0.2) is 177 Å². The summed E-state index contributed by atoms with van der Waals surface area (Å²) in [6, 6.07) is 41.2. The molecule has 1 aromatic heterocycles. The number of hydrogen-bond donors (Lipinski definition) is 0. The second kappa shape index (κ2) is 14.3. The maximum absolute atomic E-state index is 5.07. The summed E-state index contributed by atoms with van der Waals surface area (Å²) in [4.78, 5) is 15.1. The second-order valence-electron chi connectivity index (χ2n) is 12.0. The molecule has 0 fully saturated rings. The minimum Gasteiger partial charge on any atom is -0.208 e. The zero-order valence-electron chi connectivity index (χ0n) is 28.3. The highest BCUT2D eigenvalue weighted by molar-refractivity contribution is 6.25. The van der Waals surface area contributed by atoms with Gasteiger partial charge in [-0.15, -0.1) is 0 Å². The van der Waals surface area contributed by atoms with E-state index >= 15 is 0 Å². The van der Waals surface area contributed by atoms with Crippen LogP contribution in [0.4, 0.5) is 0 Å². The zero-order chi connectivity index (χ0) is 34.5. The number of aromatic nitrogens is 3. The third-order valence-corrected chi connectivity index (χ3v) is 8.88. The fourth-order valence-electron chi connectivity index (χ4n) is 6.73. The molecular weight excluding hydrogens is 607 g/mol. The summed E-state index contributed by atoms with van der Waals surface area (Å²) in [7, 11) is 0. The number of fused-ring (bicyclic) bond motifs is 6. The van der Waals surface area contributed by atoms with Gasteiger partial charge >= 0.3 is 0 Å². The normalized spacial score (nSPS) is 12.4. The number of allylic oxidation sites excluding steroid dienone is 10. The van der Waals surface area contributed by atoms with Crippen LogP contribution in [-0.2, 0) is 0 Å². The van der Waals surface area contributed by atoms with Gasteiger partial charge in [-0.3, -0.25) is 0 Å². The third kappa shape index (κ3) is 6.02. The Bertz CT molecular complexity index is 2460. The summed E-state index contributed by atoms with van der Waals surface area (Å²) < 4.78 is 0. The lowest BCUT2D eigenvalue weighted by Crippen LogP contribution is -2.05. The molecule has 0 bridgehead atoms. The molecule has 6 aromatic carbocycles. The van der Waals surface area contributed by atoms with Gasteiger partial charge in [0, 0.05) is 16.7 Å². The van der Waals surface area contributed by atoms with Crippen molar-refractivity contribution >= 4 is 43.5 Å². The summed E-state index contributed by atoms with van der Waals surface area (Å²) in [6.45, 7) is 11.8. The van der Waals surface area contributed by atoms with Gasteiger partial charge < -0.3 is 0 Å². The maximum atomic E-state index is 5.07. The molecule has 0 aliphatic carbocycles. The molecule has 0 aliphatic rings. The highest BCUT2D eigenvalue weighted by Gasteiger charge is 2.18. The Hall–Kier alpha value is -6.45. The Morgan fingerprint density at radius 3 is 1.38 bits per heavy atom. The fraction of sp³-hybridized carbons (Fsp3) is 0.0426. The van der Waals surface area contributed by atoms with E-state index in [1.54, 1.807) is 12.2 Å². The topological polar surface area (TPSA) is 38.7 Å². The van der Waals surface area contributed by atoms with Gasteiger partial charge in [0.05, 0.1) is 0 Å². The number of rotatable bonds is 9. The average molecular weight is 644 g/mol. The molecule has 3 heteroatoms. The Labute approximate surface area is 293 Å². The van der Waals surface area contributed by atoms with Crippen LogP contribution in [0.1, 0.15) is 25.5 Å². The van der Waals surface area contributed by atoms with E-state index in [9.17, 15) is 0 Å². The first kappa shape index (κ1) is 32.1. The molecule has 0 unspecified atom stereocenters. The molecule has 0 N–H and O–H groups in total. The summed E-state index contributed by atoms with van der Waals surface area (Å²) in [5, 5.41) is 7.54. The smallest absolute Gasteiger partial charge is 0.164 e. The van der Waals surface area contributed by atoms with E-state index < -0.39 is 0 Å². The van der Waals surface area contributed by atoms with E-state index in [1.807, 2.05) is 56.4 Å². The Morgan fingerprint density at radius 2 is 0.880 bits per heavy atom. The van der Waals surface area contributed by atoms with Crippen molar-refractivity contribution in [3.63, 3.8) is 0 Å². The van der Waals surface area contributed by atoms with Crippen LogP contribution in [0.2, 0.25) is 0 Å². The number of hydrogen-bond acceptors (Lipinski definition) is 3. The molecule has 0 saturated heterocycles. The van der Waals surface area contributed by atoms with Crippen molar-refractivity contribution in [3.8, 4) is 33.6 Å². The molecule has 0 spiro atoms. The van der Waals surface area contributed by atoms with Crippen LogP contribution in [0, 0.1) is 0 Å². The molecule has 0 atom stereocenters. The largest absolute Gasteiger partial charge is 0.208 e. The summed E-state index contributed by atoms with van der Waals surface area (Å²) >= 11 is 0. The minimum absolute atomic E-state index is 0.569. The van der Waals surface area contributed by atoms with E-state index in [0.29, 0.717) is 17.5 Å². The molecule has 0 amide bonds. The first-order valence-electron chi connectivity index (χ1n) is 16.8. The molecule has 7 rings (SSSR count). The highest BCUT2D eigenvalue weighted by Crippen LogP contribution is 2.41. The van der Waals surface area contributed by atoms with Crippen LogP contribution in [0.5, 0.6) is 0 Å². The summed E-state index contributed by atoms with van der Waals surface area (Å²) in [5.74, 6) is 1.73. The summed E-state index contributed by atoms with van der Waals surface area (Å²) in [6.07, 6.45) is 15.3. The first-order valence-corrected chi connectivity index (χ1v) is 16.8. The van der Waals surface area contributed by atoms with Crippen LogP contribution < -0.4 is 0 Å². The standard InChI is InChI=1S/C47H37N3/c1-5-17-32(18-6-2)45-48-46(33(19-7-3)20-8-4)50-47(49-45)43-28-16-15-26-40(43)36-22-10-9-21-35(36)34-29-30-42-39-25-12-11-23-37(39)38-24-13-14-27-41(38)44(42)31-34/h5-31H,1,3H2,2,4H3/b18-6-,20-8-,32-17+,33-19+. The Morgan fingerprint density at radius 1 is 0.460 bits per heavy atom. The molecule has 50 heavy (non-hydrogen) atoms. The van der Waals surface area contributed by atoms with Crippen LogP contribution in [-0.4, -0.2) is 15.0 Å². The lowest BCUT2D eigenvalue weighted by Gasteiger charge is -2.16. The predicted octanol–water partition coefficient (Wildman–Crippen LogP) is 12.6. The monoisotopic (exact) mass is 643 g/mol. The molecule has 0 saturated carbocycles. The van der Waals surface area contributed by atoms with Crippen LogP contribution >= 0.6 is 0 Å². The van der Waals surface area contributed by atoms with E-state index in [-0.39, 0.29) is 0 Å². The first-order chi connectivity index (χ1) is 24.6. The van der Waals surface area contributed by atoms with Crippen LogP contribution in [0.3, 0.4) is 0 Å². The van der Waals surface area contributed by atoms with Crippen molar-refractivity contribution < 1.29 is 0 Å². The number of nitrogens with zero attached hydrogens (tertiary/aromatic N) is 3. The van der Waals surface area contributed by atoms with Crippen molar-refractivity contribution in [2.45, 2.75) is 13.8 Å². The number of benzene rings is 6. The van der Waals surface area contributed by atoms with Gasteiger partial charge in [-0.2, -0.15) is 0 Å². The van der Waals surface area contributed by atoms with Gasteiger partial charge in [0.1, 0.15) is 0 Å². The summed E-state index contributed by atoms with van der Waals surface area (Å²) in [5.41, 5.74) is 7.03. The Balaban J connectivity index is 1.45. The molecule has 7 aromatic rings. The third-order valence-electron chi connectivity index (χ3n) is 8.88. The SMILES string of the molecule is C=C/C=C(\C=C/C)c1nc(C(/C=C\C)=C/C=C)nc(-c2ccccc2-c2ccccc2-c2ccc3c4ccccc4c4ccccc4c3c2)n1. The zero-order valence-corrected chi connectivity index (χ0v) is 28.3. The van der Waals surface area contributed by atoms with Crippen LogP contribution in [0.25, 0.3) is 77.1 Å². The lowest BCUT2D eigenvalue weighted by atomic mass is 9.88. The van der Waals surface area contributed by atoms with Crippen molar-refractivity contribution in [1.82, 2.24) is 15.0 Å². The van der Waals surface area contributed by atoms with Crippen molar-refractivity contribution in [1.29, 1.82) is 0 Å². The molecule has 3 nitrogen and oxygen atoms in total. The maximum Gasteiger partial charge on any atom is 0.164 e. The molecule has 1 heterocycles. The quantitative estimate of drug-likeness (QED) is 0.116. The fourth-order valence-corrected chi connectivity index (χ4v) is 6.73. The Kier molecular flexibility index (Phi) is 9.22. The van der Waals surface area contributed by atoms with Gasteiger partial charge in [0.2, 0.25) is 0 Å². The van der Waals surface area contributed by atoms with E-state index in [2.05, 4.69) is 122 Å². The van der Waals surface area contributed by atoms with Gasteiger partial charge in [-0.05, 0) is 74.5 Å². The van der Waals surface area contributed by atoms with Crippen molar-refractivity contribution in [3.05, 3.63) is 189 Å². The van der Waals surface area contributed by atoms with Crippen molar-refractivity contribution in [2.24, 2.45) is 0 Å². The second-order valence-corrected chi connectivity index (χ2v) is 12.0. The van der Waals surface area contributed by atoms with Gasteiger partial charge in [-0.1, -0.05) is 171 Å². The lowest BCUT2D eigenvalue weighted by molar-refractivity contribution is 1.00. The minimum atomic E-state index is 0.569. The van der Waals surface area contributed by atoms with E-state index in [1.165, 1.54) is 32.3 Å². The van der Waals surface area contributed by atoms with E-state index in [0.717, 1.165) is 39.0 Å². The molecule has 0 aliphatic heterocycles. The highest BCUT2D eigenvalue weighted by atomic mass is 15.0. The predicted molar refractivity (Wildman–Crippen MR) is 215 cm³/mol. The van der Waals surface area contributed by atoms with E-state index in [4.69, 9.17) is 15.0 Å². The van der Waals surface area contributed by atoms with Gasteiger partial charge in [0.25, 0.3) is 0 Å². The van der Waals surface area contributed by atoms with Gasteiger partial charge in [-0.25, -0.2) is 15.0 Å². The average Bonchev–Trinajstić information content (AvgIpc) is 3.17. The van der Waals surface area contributed by atoms with Gasteiger partial charge in [0.15, 0.2) is 17.5 Å². The van der Waals surface area contributed by atoms with Crippen molar-refractivity contribution in [2.75, 3.05) is 0 Å². The molecule has 0 radical (unpaired) electrons. The molecule has 240 valence electrons. The molecular formula is C47H37N3.